The molecular formula is C61H72N14O4. The quantitative estimate of drug-likeness (QED) is 0.0246. The number of aromatic nitrogens is 2. The number of imidazole rings is 1. The number of rotatable bonds is 25. The van der Waals surface area contributed by atoms with Crippen LogP contribution in [0, 0.1) is 5.41 Å². The Bertz CT molecular complexity index is 3260. The number of amidine groups is 2. The van der Waals surface area contributed by atoms with Gasteiger partial charge in [-0.1, -0.05) is 76.2 Å². The second-order valence-corrected chi connectivity index (χ2v) is 19.6. The molecule has 5 aromatic rings. The Morgan fingerprint density at radius 1 is 0.684 bits per heavy atom. The number of aldehydes is 2. The molecule has 4 aromatic carbocycles. The van der Waals surface area contributed by atoms with Crippen molar-refractivity contribution < 1.29 is 19.2 Å². The Labute approximate surface area is 463 Å². The van der Waals surface area contributed by atoms with E-state index in [2.05, 4.69) is 58.7 Å². The van der Waals surface area contributed by atoms with E-state index in [9.17, 15) is 19.2 Å². The average Bonchev–Trinajstić information content (AvgIpc) is 3.70. The molecule has 2 amide bonds. The Kier molecular flexibility index (Phi) is 20.3. The second-order valence-electron chi connectivity index (χ2n) is 19.6. The zero-order valence-corrected chi connectivity index (χ0v) is 46.4. The van der Waals surface area contributed by atoms with Crippen molar-refractivity contribution >= 4 is 77.7 Å². The van der Waals surface area contributed by atoms with Crippen LogP contribution in [0.1, 0.15) is 115 Å². The first kappa shape index (κ1) is 57.6. The maximum atomic E-state index is 14.1. The van der Waals surface area contributed by atoms with Gasteiger partial charge >= 0.3 is 0 Å². The van der Waals surface area contributed by atoms with Gasteiger partial charge in [0.1, 0.15) is 17.5 Å². The fraction of sp³-hybridized carbons (Fsp3) is 0.311. The van der Waals surface area contributed by atoms with Crippen LogP contribution in [0.25, 0.3) is 34.4 Å². The molecule has 0 unspecified atom stereocenters. The van der Waals surface area contributed by atoms with E-state index in [0.717, 1.165) is 77.5 Å². The molecule has 1 aromatic heterocycles. The Morgan fingerprint density at radius 3 is 1.68 bits per heavy atom. The molecule has 0 spiro atoms. The lowest BCUT2D eigenvalue weighted by molar-refractivity contribution is -0.128. The lowest BCUT2D eigenvalue weighted by Crippen LogP contribution is -2.37. The number of carbonyl (C=O) groups is 4. The van der Waals surface area contributed by atoms with E-state index in [0.29, 0.717) is 89.2 Å². The van der Waals surface area contributed by atoms with Crippen LogP contribution in [0.3, 0.4) is 0 Å². The summed E-state index contributed by atoms with van der Waals surface area (Å²) in [6, 6.07) is 22.8. The van der Waals surface area contributed by atoms with Crippen LogP contribution in [0.5, 0.6) is 0 Å². The number of nitrogens with one attached hydrogen (secondary N) is 3. The third kappa shape index (κ3) is 15.3. The van der Waals surface area contributed by atoms with E-state index in [1.807, 2.05) is 107 Å². The van der Waals surface area contributed by atoms with Crippen molar-refractivity contribution in [2.24, 2.45) is 33.0 Å². The van der Waals surface area contributed by atoms with Gasteiger partial charge in [-0.2, -0.15) is 10.2 Å². The highest BCUT2D eigenvalue weighted by Gasteiger charge is 2.24. The number of amides is 2. The molecule has 0 radical (unpaired) electrons. The molecule has 410 valence electrons. The fourth-order valence-electron chi connectivity index (χ4n) is 9.25. The summed E-state index contributed by atoms with van der Waals surface area (Å²) in [6.45, 7) is 11.5. The van der Waals surface area contributed by atoms with Gasteiger partial charge in [-0.25, -0.2) is 15.0 Å². The minimum atomic E-state index is -0.0542. The SMILES string of the molecule is CCCN(CCC)C(=O)C1=Cc2ccc(-c3ccc(C=O)c(/C=N\N(C)CC(=N)/C=C\NNC4=Nc5cc(-c6ccc(C=O)c(/C=N\N(C)Cc7nccn7C)c6)ccc5C=C(C(=O)N(CCC)CCC)C4)c3)cc2N=C(N)C1. The summed E-state index contributed by atoms with van der Waals surface area (Å²) in [5.74, 6) is 1.63. The maximum absolute atomic E-state index is 14.1. The summed E-state index contributed by atoms with van der Waals surface area (Å²) in [5.41, 5.74) is 22.5. The van der Waals surface area contributed by atoms with Crippen molar-refractivity contribution in [3.8, 4) is 22.3 Å². The van der Waals surface area contributed by atoms with Crippen molar-refractivity contribution in [2.45, 2.75) is 72.8 Å². The molecule has 0 fully saturated rings. The lowest BCUT2D eigenvalue weighted by atomic mass is 9.97. The van der Waals surface area contributed by atoms with E-state index in [1.54, 1.807) is 60.1 Å². The largest absolute Gasteiger partial charge is 0.387 e. The molecule has 0 atom stereocenters. The predicted octanol–water partition coefficient (Wildman–Crippen LogP) is 9.33. The van der Waals surface area contributed by atoms with E-state index < -0.39 is 0 Å². The summed E-state index contributed by atoms with van der Waals surface area (Å²) in [5, 5.41) is 21.3. The summed E-state index contributed by atoms with van der Waals surface area (Å²) in [6.07, 6.45) is 19.3. The highest BCUT2D eigenvalue weighted by molar-refractivity contribution is 6.07. The average molecular weight is 1070 g/mol. The van der Waals surface area contributed by atoms with Crippen LogP contribution >= 0.6 is 0 Å². The number of aryl methyl sites for hydroxylation is 1. The number of hydrazine groups is 1. The predicted molar refractivity (Wildman–Crippen MR) is 318 cm³/mol. The number of hydrogen-bond acceptors (Lipinski definition) is 15. The summed E-state index contributed by atoms with van der Waals surface area (Å²) < 4.78 is 1.93. The van der Waals surface area contributed by atoms with Gasteiger partial charge in [0.05, 0.1) is 42.6 Å². The first-order chi connectivity index (χ1) is 38.2. The van der Waals surface area contributed by atoms with Gasteiger partial charge in [0, 0.05) is 123 Å². The Morgan fingerprint density at radius 2 is 1.18 bits per heavy atom. The number of aliphatic imine (C=N–C) groups is 2. The van der Waals surface area contributed by atoms with Crippen molar-refractivity contribution in [1.29, 1.82) is 5.41 Å². The number of benzene rings is 4. The standard InChI is InChI=1S/C61H72N14O4/c1-8-23-74(24-9-2)60(78)50-30-46-16-12-44(32-55(46)68-57(63)34-50)42-14-18-48(40-76)52(28-42)36-66-72(6)38-54(62)20-21-65-70-58-35-51(61(79)75(25-10-3)26-11-4)31-47-17-13-45(33-56(47)69-58)43-15-19-49(41-77)53(29-43)37-67-73(7)39-59-64-22-27-71(59)5/h12-22,27-33,36-37,40-41,62,65H,8-11,23-26,34-35,38-39H2,1-7H3,(H2,63,68)(H,69,70)/b21-20-,62-54?,66-36-,67-37-. The minimum absolute atomic E-state index is 0.0239. The second kappa shape index (κ2) is 27.8. The number of hydrazone groups is 2. The molecule has 79 heavy (non-hydrogen) atoms. The molecule has 0 aliphatic carbocycles. The first-order valence-corrected chi connectivity index (χ1v) is 26.8. The molecule has 2 aliphatic rings. The molecular weight excluding hydrogens is 993 g/mol. The Balaban J connectivity index is 1.04. The highest BCUT2D eigenvalue weighted by Crippen LogP contribution is 2.35. The van der Waals surface area contributed by atoms with Gasteiger partial charge in [-0.3, -0.25) is 34.6 Å². The summed E-state index contributed by atoms with van der Waals surface area (Å²) in [4.78, 5) is 69.8. The topological polar surface area (TPSA) is 222 Å². The fourth-order valence-corrected chi connectivity index (χ4v) is 9.25. The monoisotopic (exact) mass is 1060 g/mol. The summed E-state index contributed by atoms with van der Waals surface area (Å²) >= 11 is 0. The van der Waals surface area contributed by atoms with Crippen LogP contribution in [0.4, 0.5) is 11.4 Å². The van der Waals surface area contributed by atoms with Crippen molar-refractivity contribution in [1.82, 2.24) is 40.2 Å². The van der Waals surface area contributed by atoms with E-state index >= 15 is 0 Å². The minimum Gasteiger partial charge on any atom is -0.387 e. The van der Waals surface area contributed by atoms with Crippen LogP contribution < -0.4 is 16.6 Å². The maximum Gasteiger partial charge on any atom is 0.250 e. The van der Waals surface area contributed by atoms with Crippen LogP contribution in [-0.4, -0.2) is 130 Å². The van der Waals surface area contributed by atoms with Gasteiger partial charge in [-0.05, 0) is 90.4 Å². The lowest BCUT2D eigenvalue weighted by Gasteiger charge is -2.23. The molecule has 7 rings (SSSR count). The first-order valence-electron chi connectivity index (χ1n) is 26.8. The van der Waals surface area contributed by atoms with E-state index in [1.165, 1.54) is 0 Å². The van der Waals surface area contributed by atoms with Crippen LogP contribution in [0.2, 0.25) is 0 Å². The molecule has 0 saturated heterocycles. The van der Waals surface area contributed by atoms with Gasteiger partial charge in [0.15, 0.2) is 12.6 Å². The van der Waals surface area contributed by atoms with Gasteiger partial charge in [-0.15, -0.1) is 0 Å². The molecule has 2 aliphatic heterocycles. The number of nitrogens with two attached hydrogens (primary N) is 1. The Hall–Kier alpha value is -9.06. The molecule has 18 nitrogen and oxygen atoms in total. The van der Waals surface area contributed by atoms with Crippen LogP contribution in [-0.2, 0) is 23.2 Å². The smallest absolute Gasteiger partial charge is 0.250 e. The van der Waals surface area contributed by atoms with Crippen molar-refractivity contribution in [2.75, 3.05) is 46.8 Å². The zero-order chi connectivity index (χ0) is 56.4. The molecule has 0 bridgehead atoms. The normalized spacial score (nSPS) is 13.1. The molecule has 0 saturated carbocycles. The van der Waals surface area contributed by atoms with Crippen LogP contribution in [0.15, 0.2) is 129 Å². The number of fused-ring (bicyclic) bond motifs is 2. The number of carbonyl (C=O) groups excluding carboxylic acids is 4. The van der Waals surface area contributed by atoms with Crippen molar-refractivity contribution in [3.63, 3.8) is 0 Å². The number of nitrogens with zero attached hydrogens (tertiary/aromatic N) is 10. The third-order valence-corrected chi connectivity index (χ3v) is 13.2. The van der Waals surface area contributed by atoms with E-state index in [-0.39, 0.29) is 36.9 Å². The third-order valence-electron chi connectivity index (χ3n) is 13.2. The van der Waals surface area contributed by atoms with E-state index in [4.69, 9.17) is 16.1 Å². The highest BCUT2D eigenvalue weighted by atomic mass is 16.2. The molecule has 5 N–H and O–H groups in total. The summed E-state index contributed by atoms with van der Waals surface area (Å²) in [7, 11) is 5.52. The van der Waals surface area contributed by atoms with Gasteiger partial charge in [0.2, 0.25) is 11.8 Å². The van der Waals surface area contributed by atoms with Crippen molar-refractivity contribution in [3.05, 3.63) is 148 Å². The zero-order valence-electron chi connectivity index (χ0n) is 46.4. The van der Waals surface area contributed by atoms with Gasteiger partial charge < -0.3 is 30.9 Å². The molecule has 3 heterocycles. The van der Waals surface area contributed by atoms with Gasteiger partial charge in [0.25, 0.3) is 0 Å². The number of hydrogen-bond donors (Lipinski definition) is 4. The molecule has 18 heteroatoms.